The third-order valence-corrected chi connectivity index (χ3v) is 3.26. The van der Waals surface area contributed by atoms with Gasteiger partial charge in [0.05, 0.1) is 5.56 Å². The summed E-state index contributed by atoms with van der Waals surface area (Å²) in [5.74, 6) is -0.180. The summed E-state index contributed by atoms with van der Waals surface area (Å²) in [5, 5.41) is 11.8. The molecule has 0 heterocycles. The smallest absolute Gasteiger partial charge is 0.252 e. The molecule has 0 unspecified atom stereocenters. The van der Waals surface area contributed by atoms with Gasteiger partial charge in [0, 0.05) is 21.5 Å². The molecule has 0 aliphatic heterocycles. The van der Waals surface area contributed by atoms with Crippen LogP contribution in [0.5, 0.6) is 0 Å². The highest BCUT2D eigenvalue weighted by Gasteiger charge is 2.21. The molecule has 0 fully saturated rings. The molecule has 5 heteroatoms. The van der Waals surface area contributed by atoms with E-state index in [2.05, 4.69) is 33.9 Å². The molecule has 0 bridgehead atoms. The van der Waals surface area contributed by atoms with Crippen molar-refractivity contribution in [3.63, 3.8) is 0 Å². The number of thiol groups is 1. The second kappa shape index (κ2) is 5.89. The van der Waals surface area contributed by atoms with Gasteiger partial charge < -0.3 is 10.4 Å². The van der Waals surface area contributed by atoms with Crippen LogP contribution in [0.15, 0.2) is 27.6 Å². The van der Waals surface area contributed by atoms with Crippen molar-refractivity contribution in [1.82, 2.24) is 5.32 Å². The topological polar surface area (TPSA) is 49.3 Å². The molecule has 2 N–H and O–H groups in total. The molecule has 3 nitrogen and oxygen atoms in total. The van der Waals surface area contributed by atoms with Crippen LogP contribution < -0.4 is 5.32 Å². The Morgan fingerprint density at radius 2 is 2.18 bits per heavy atom. The Hall–Kier alpha value is -0.520. The maximum atomic E-state index is 12.0. The van der Waals surface area contributed by atoms with Gasteiger partial charge in [0.25, 0.3) is 5.91 Å². The van der Waals surface area contributed by atoms with E-state index in [9.17, 15) is 4.79 Å². The molecule has 94 valence electrons. The standard InChI is InChI=1S/C12H16BrNO2S/c1-12(2,5-6-15)14-11(16)9-4-3-8(13)7-10(9)17/h3-4,7,15,17H,5-6H2,1-2H3,(H,14,16). The normalized spacial score (nSPS) is 11.4. The minimum Gasteiger partial charge on any atom is -0.396 e. The van der Waals surface area contributed by atoms with E-state index in [0.717, 1.165) is 4.47 Å². The van der Waals surface area contributed by atoms with Crippen molar-refractivity contribution in [2.75, 3.05) is 6.61 Å². The lowest BCUT2D eigenvalue weighted by molar-refractivity contribution is 0.0896. The molecule has 0 radical (unpaired) electrons. The van der Waals surface area contributed by atoms with Gasteiger partial charge in [0.15, 0.2) is 0 Å². The summed E-state index contributed by atoms with van der Waals surface area (Å²) in [6, 6.07) is 5.29. The first-order valence-electron chi connectivity index (χ1n) is 5.27. The van der Waals surface area contributed by atoms with Crippen LogP contribution in [-0.4, -0.2) is 23.2 Å². The zero-order valence-electron chi connectivity index (χ0n) is 9.83. The predicted molar refractivity (Wildman–Crippen MR) is 74.6 cm³/mol. The first kappa shape index (κ1) is 14.5. The second-order valence-corrected chi connectivity index (χ2v) is 5.87. The minimum atomic E-state index is -0.431. The number of aliphatic hydroxyl groups is 1. The van der Waals surface area contributed by atoms with Gasteiger partial charge >= 0.3 is 0 Å². The monoisotopic (exact) mass is 317 g/mol. The van der Waals surface area contributed by atoms with Crippen LogP contribution in [0.25, 0.3) is 0 Å². The Kier molecular flexibility index (Phi) is 5.04. The Morgan fingerprint density at radius 3 is 2.71 bits per heavy atom. The van der Waals surface area contributed by atoms with Gasteiger partial charge in [-0.3, -0.25) is 4.79 Å². The zero-order chi connectivity index (χ0) is 13.1. The third-order valence-electron chi connectivity index (χ3n) is 2.39. The number of benzene rings is 1. The summed E-state index contributed by atoms with van der Waals surface area (Å²) in [6.45, 7) is 3.79. The number of halogens is 1. The van der Waals surface area contributed by atoms with E-state index >= 15 is 0 Å². The van der Waals surface area contributed by atoms with Crippen LogP contribution in [0.1, 0.15) is 30.6 Å². The van der Waals surface area contributed by atoms with Crippen LogP contribution in [-0.2, 0) is 0 Å². The van der Waals surface area contributed by atoms with Crippen molar-refractivity contribution < 1.29 is 9.90 Å². The summed E-state index contributed by atoms with van der Waals surface area (Å²) in [4.78, 5) is 12.6. The van der Waals surface area contributed by atoms with Crippen molar-refractivity contribution >= 4 is 34.5 Å². The van der Waals surface area contributed by atoms with Crippen LogP contribution in [0, 0.1) is 0 Å². The lowest BCUT2D eigenvalue weighted by Crippen LogP contribution is -2.44. The van der Waals surface area contributed by atoms with E-state index in [1.54, 1.807) is 18.2 Å². The van der Waals surface area contributed by atoms with Crippen LogP contribution in [0.2, 0.25) is 0 Å². The Bertz CT molecular complexity index is 421. The molecule has 1 aromatic carbocycles. The van der Waals surface area contributed by atoms with Gasteiger partial charge in [-0.15, -0.1) is 12.6 Å². The molecule has 1 aromatic rings. The lowest BCUT2D eigenvalue weighted by atomic mass is 10.0. The number of aliphatic hydroxyl groups excluding tert-OH is 1. The molecule has 1 amide bonds. The number of carbonyl (C=O) groups excluding carboxylic acids is 1. The van der Waals surface area contributed by atoms with Crippen molar-refractivity contribution in [3.8, 4) is 0 Å². The molecular formula is C12H16BrNO2S. The molecule has 0 atom stereocenters. The highest BCUT2D eigenvalue weighted by molar-refractivity contribution is 9.10. The van der Waals surface area contributed by atoms with E-state index in [4.69, 9.17) is 5.11 Å². The maximum absolute atomic E-state index is 12.0. The van der Waals surface area contributed by atoms with E-state index < -0.39 is 5.54 Å². The quantitative estimate of drug-likeness (QED) is 0.748. The minimum absolute atomic E-state index is 0.0430. The number of carbonyl (C=O) groups is 1. The van der Waals surface area contributed by atoms with E-state index in [1.807, 2.05) is 13.8 Å². The average Bonchev–Trinajstić information content (AvgIpc) is 2.15. The zero-order valence-corrected chi connectivity index (χ0v) is 12.3. The fourth-order valence-corrected chi connectivity index (χ4v) is 2.27. The molecule has 0 spiro atoms. The molecule has 0 aliphatic rings. The number of hydrogen-bond donors (Lipinski definition) is 3. The molecule has 0 saturated heterocycles. The van der Waals surface area contributed by atoms with Crippen LogP contribution >= 0.6 is 28.6 Å². The summed E-state index contributed by atoms with van der Waals surface area (Å²) in [7, 11) is 0. The number of rotatable bonds is 4. The summed E-state index contributed by atoms with van der Waals surface area (Å²) in [6.07, 6.45) is 0.511. The van der Waals surface area contributed by atoms with Gasteiger partial charge in [-0.05, 0) is 38.5 Å². The number of hydrogen-bond acceptors (Lipinski definition) is 3. The Morgan fingerprint density at radius 1 is 1.53 bits per heavy atom. The Balaban J connectivity index is 2.83. The van der Waals surface area contributed by atoms with Crippen molar-refractivity contribution in [1.29, 1.82) is 0 Å². The van der Waals surface area contributed by atoms with Crippen LogP contribution in [0.4, 0.5) is 0 Å². The van der Waals surface area contributed by atoms with Gasteiger partial charge in [-0.2, -0.15) is 0 Å². The largest absolute Gasteiger partial charge is 0.396 e. The average molecular weight is 318 g/mol. The maximum Gasteiger partial charge on any atom is 0.252 e. The first-order chi connectivity index (χ1) is 7.85. The first-order valence-corrected chi connectivity index (χ1v) is 6.51. The summed E-state index contributed by atoms with van der Waals surface area (Å²) >= 11 is 7.59. The van der Waals surface area contributed by atoms with Gasteiger partial charge in [0.2, 0.25) is 0 Å². The van der Waals surface area contributed by atoms with Crippen LogP contribution in [0.3, 0.4) is 0 Å². The number of amides is 1. The van der Waals surface area contributed by atoms with E-state index in [1.165, 1.54) is 0 Å². The van der Waals surface area contributed by atoms with Gasteiger partial charge in [-0.1, -0.05) is 15.9 Å². The highest BCUT2D eigenvalue weighted by atomic mass is 79.9. The predicted octanol–water partition coefficient (Wildman–Crippen LogP) is 2.63. The van der Waals surface area contributed by atoms with Crippen molar-refractivity contribution in [2.45, 2.75) is 30.7 Å². The highest BCUT2D eigenvalue weighted by Crippen LogP contribution is 2.20. The second-order valence-electron chi connectivity index (χ2n) is 4.47. The summed E-state index contributed by atoms with van der Waals surface area (Å²) < 4.78 is 0.883. The fourth-order valence-electron chi connectivity index (χ4n) is 1.41. The molecule has 17 heavy (non-hydrogen) atoms. The molecular weight excluding hydrogens is 302 g/mol. The summed E-state index contributed by atoms with van der Waals surface area (Å²) in [5.41, 5.74) is 0.0987. The molecule has 0 saturated carbocycles. The number of nitrogens with one attached hydrogen (secondary N) is 1. The fraction of sp³-hybridized carbons (Fsp3) is 0.417. The van der Waals surface area contributed by atoms with Gasteiger partial charge in [0.1, 0.15) is 0 Å². The van der Waals surface area contributed by atoms with Crippen molar-refractivity contribution in [2.24, 2.45) is 0 Å². The molecule has 0 aromatic heterocycles. The van der Waals surface area contributed by atoms with E-state index in [0.29, 0.717) is 16.9 Å². The SMILES string of the molecule is CC(C)(CCO)NC(=O)c1ccc(Br)cc1S. The van der Waals surface area contributed by atoms with Crippen molar-refractivity contribution in [3.05, 3.63) is 28.2 Å². The molecule has 0 aliphatic carbocycles. The van der Waals surface area contributed by atoms with Gasteiger partial charge in [-0.25, -0.2) is 0 Å². The van der Waals surface area contributed by atoms with E-state index in [-0.39, 0.29) is 12.5 Å². The molecule has 1 rings (SSSR count). The third kappa shape index (κ3) is 4.33. The Labute approximate surface area is 115 Å². The lowest BCUT2D eigenvalue weighted by Gasteiger charge is -2.25.